The SMILES string of the molecule is Cl.O=c1cc(N2CCC(O)C2)c1=O. The van der Waals surface area contributed by atoms with Gasteiger partial charge in [-0.2, -0.15) is 0 Å². The Bertz CT molecular complexity index is 369. The van der Waals surface area contributed by atoms with Crippen LogP contribution >= 0.6 is 12.4 Å². The predicted molar refractivity (Wildman–Crippen MR) is 51.4 cm³/mol. The van der Waals surface area contributed by atoms with E-state index in [1.807, 2.05) is 0 Å². The van der Waals surface area contributed by atoms with Crippen LogP contribution in [0, 0.1) is 0 Å². The molecule has 72 valence electrons. The first-order chi connectivity index (χ1) is 5.68. The van der Waals surface area contributed by atoms with Crippen LogP contribution in [0.2, 0.25) is 0 Å². The van der Waals surface area contributed by atoms with E-state index in [2.05, 4.69) is 0 Å². The van der Waals surface area contributed by atoms with Gasteiger partial charge in [0.1, 0.15) is 0 Å². The van der Waals surface area contributed by atoms with Gasteiger partial charge in [0, 0.05) is 19.2 Å². The molecule has 1 N–H and O–H groups in total. The molecule has 1 aromatic carbocycles. The van der Waals surface area contributed by atoms with Gasteiger partial charge in [0.25, 0.3) is 0 Å². The van der Waals surface area contributed by atoms with E-state index in [4.69, 9.17) is 5.11 Å². The number of halogens is 1. The molecule has 1 aromatic rings. The molecule has 4 nitrogen and oxygen atoms in total. The molecule has 1 atom stereocenters. The summed E-state index contributed by atoms with van der Waals surface area (Å²) in [5, 5.41) is 9.16. The quantitative estimate of drug-likeness (QED) is 0.612. The van der Waals surface area contributed by atoms with Gasteiger partial charge < -0.3 is 10.0 Å². The van der Waals surface area contributed by atoms with E-state index in [-0.39, 0.29) is 18.5 Å². The lowest BCUT2D eigenvalue weighted by Gasteiger charge is -2.17. The van der Waals surface area contributed by atoms with Gasteiger partial charge in [0.15, 0.2) is 0 Å². The highest BCUT2D eigenvalue weighted by molar-refractivity contribution is 5.85. The second-order valence-corrected chi connectivity index (χ2v) is 3.11. The van der Waals surface area contributed by atoms with E-state index in [1.54, 1.807) is 4.90 Å². The molecule has 1 heterocycles. The largest absolute Gasteiger partial charge is 0.391 e. The van der Waals surface area contributed by atoms with Crippen molar-refractivity contribution in [1.29, 1.82) is 0 Å². The highest BCUT2D eigenvalue weighted by Crippen LogP contribution is 2.15. The van der Waals surface area contributed by atoms with Gasteiger partial charge in [-0.05, 0) is 6.42 Å². The molecule has 0 amide bonds. The van der Waals surface area contributed by atoms with Crippen LogP contribution in [0.1, 0.15) is 6.42 Å². The molecule has 1 unspecified atom stereocenters. The molecule has 0 saturated carbocycles. The van der Waals surface area contributed by atoms with Gasteiger partial charge in [-0.15, -0.1) is 12.4 Å². The first-order valence-corrected chi connectivity index (χ1v) is 3.92. The van der Waals surface area contributed by atoms with Crippen molar-refractivity contribution in [2.45, 2.75) is 12.5 Å². The second-order valence-electron chi connectivity index (χ2n) is 3.11. The van der Waals surface area contributed by atoms with Crippen LogP contribution in [0.15, 0.2) is 15.7 Å². The van der Waals surface area contributed by atoms with Crippen molar-refractivity contribution < 1.29 is 5.11 Å². The Labute approximate surface area is 80.9 Å². The zero-order valence-electron chi connectivity index (χ0n) is 6.90. The minimum atomic E-state index is -0.425. The van der Waals surface area contributed by atoms with E-state index < -0.39 is 10.9 Å². The van der Waals surface area contributed by atoms with Crippen LogP contribution in [0.25, 0.3) is 0 Å². The summed E-state index contributed by atoms with van der Waals surface area (Å²) in [5.41, 5.74) is -0.368. The Morgan fingerprint density at radius 1 is 1.46 bits per heavy atom. The minimum absolute atomic E-state index is 0. The predicted octanol–water partition coefficient (Wildman–Crippen LogP) is -0.725. The fraction of sp³-hybridized carbons (Fsp3) is 0.500. The number of hydrogen-bond donors (Lipinski definition) is 1. The maximum atomic E-state index is 10.9. The summed E-state index contributed by atoms with van der Waals surface area (Å²) in [6.45, 7) is 1.15. The maximum absolute atomic E-state index is 10.9. The minimum Gasteiger partial charge on any atom is -0.391 e. The zero-order valence-corrected chi connectivity index (χ0v) is 7.71. The first kappa shape index (κ1) is 10.2. The van der Waals surface area contributed by atoms with Gasteiger partial charge in [0.2, 0.25) is 10.9 Å². The third kappa shape index (κ3) is 1.59. The third-order valence-electron chi connectivity index (χ3n) is 2.23. The fourth-order valence-electron chi connectivity index (χ4n) is 1.50. The van der Waals surface area contributed by atoms with Gasteiger partial charge in [-0.3, -0.25) is 9.59 Å². The Balaban J connectivity index is 0.000000845. The summed E-state index contributed by atoms with van der Waals surface area (Å²) < 4.78 is 0. The van der Waals surface area contributed by atoms with Gasteiger partial charge in [-0.25, -0.2) is 0 Å². The fourth-order valence-corrected chi connectivity index (χ4v) is 1.50. The molecular weight excluding hydrogens is 194 g/mol. The second kappa shape index (κ2) is 3.47. The number of anilines is 1. The Kier molecular flexibility index (Phi) is 2.73. The van der Waals surface area contributed by atoms with Crippen molar-refractivity contribution in [3.05, 3.63) is 26.5 Å². The number of hydrogen-bond acceptors (Lipinski definition) is 4. The number of rotatable bonds is 1. The molecule has 0 bridgehead atoms. The van der Waals surface area contributed by atoms with E-state index in [0.29, 0.717) is 25.2 Å². The maximum Gasteiger partial charge on any atom is 0.249 e. The number of aliphatic hydroxyl groups is 1. The molecule has 5 heteroatoms. The average molecular weight is 204 g/mol. The van der Waals surface area contributed by atoms with Crippen LogP contribution in [0.4, 0.5) is 5.69 Å². The van der Waals surface area contributed by atoms with Gasteiger partial charge in [0.05, 0.1) is 11.8 Å². The molecule has 13 heavy (non-hydrogen) atoms. The molecule has 2 rings (SSSR count). The standard InChI is InChI=1S/C8H9NO3.ClH/c10-5-1-2-9(4-5)6-3-7(11)8(6)12;/h3,5,10H,1-2,4H2;1H. The number of nitrogens with zero attached hydrogens (tertiary/aromatic N) is 1. The molecule has 0 radical (unpaired) electrons. The van der Waals surface area contributed by atoms with Crippen molar-refractivity contribution in [2.75, 3.05) is 18.0 Å². The third-order valence-corrected chi connectivity index (χ3v) is 2.23. The summed E-state index contributed by atoms with van der Waals surface area (Å²) in [7, 11) is 0. The first-order valence-electron chi connectivity index (χ1n) is 3.92. The van der Waals surface area contributed by atoms with Gasteiger partial charge >= 0.3 is 0 Å². The Morgan fingerprint density at radius 2 is 2.15 bits per heavy atom. The van der Waals surface area contributed by atoms with E-state index in [9.17, 15) is 9.59 Å². The topological polar surface area (TPSA) is 57.6 Å². The molecular formula is C8H10ClNO3. The molecule has 0 aliphatic carbocycles. The smallest absolute Gasteiger partial charge is 0.249 e. The van der Waals surface area contributed by atoms with Crippen molar-refractivity contribution in [3.8, 4) is 0 Å². The van der Waals surface area contributed by atoms with E-state index in [0.717, 1.165) is 0 Å². The van der Waals surface area contributed by atoms with Crippen LogP contribution in [0.3, 0.4) is 0 Å². The van der Waals surface area contributed by atoms with Crippen molar-refractivity contribution in [1.82, 2.24) is 0 Å². The van der Waals surface area contributed by atoms with Crippen LogP contribution < -0.4 is 15.8 Å². The van der Waals surface area contributed by atoms with Crippen LogP contribution in [-0.2, 0) is 0 Å². The van der Waals surface area contributed by atoms with Crippen LogP contribution in [-0.4, -0.2) is 24.3 Å². The highest BCUT2D eigenvalue weighted by atomic mass is 35.5. The van der Waals surface area contributed by atoms with Crippen molar-refractivity contribution >= 4 is 18.1 Å². The Morgan fingerprint density at radius 3 is 2.54 bits per heavy atom. The summed E-state index contributed by atoms with van der Waals surface area (Å²) in [6.07, 6.45) is 0.327. The lowest BCUT2D eigenvalue weighted by atomic mass is 10.2. The zero-order chi connectivity index (χ0) is 8.72. The molecule has 0 spiro atoms. The Hall–Kier alpha value is -0.870. The van der Waals surface area contributed by atoms with Gasteiger partial charge in [-0.1, -0.05) is 0 Å². The normalized spacial score (nSPS) is 21.9. The summed E-state index contributed by atoms with van der Waals surface area (Å²) in [6, 6.07) is 1.33. The molecule has 1 fully saturated rings. The molecule has 1 aliphatic rings. The molecule has 1 aliphatic heterocycles. The monoisotopic (exact) mass is 203 g/mol. The molecule has 1 saturated heterocycles. The lowest BCUT2D eigenvalue weighted by Crippen LogP contribution is -2.38. The highest BCUT2D eigenvalue weighted by Gasteiger charge is 2.24. The average Bonchev–Trinajstić information content (AvgIpc) is 2.46. The number of aliphatic hydroxyl groups excluding tert-OH is 1. The van der Waals surface area contributed by atoms with E-state index in [1.165, 1.54) is 6.07 Å². The number of β-amino-alcohol motifs (C(OH)–C–C–N with tert-alkyl or cyclic N) is 1. The summed E-state index contributed by atoms with van der Waals surface area (Å²) in [4.78, 5) is 23.2. The van der Waals surface area contributed by atoms with Crippen molar-refractivity contribution in [3.63, 3.8) is 0 Å². The summed E-state index contributed by atoms with van der Waals surface area (Å²) >= 11 is 0. The lowest BCUT2D eigenvalue weighted by molar-refractivity contribution is 0.198. The van der Waals surface area contributed by atoms with E-state index >= 15 is 0 Å². The van der Waals surface area contributed by atoms with Crippen molar-refractivity contribution in [2.24, 2.45) is 0 Å². The summed E-state index contributed by atoms with van der Waals surface area (Å²) in [5.74, 6) is 0. The van der Waals surface area contributed by atoms with Crippen LogP contribution in [0.5, 0.6) is 0 Å². The molecule has 0 aromatic heterocycles.